The standard InChI is InChI=1S/C22H21N3O7S/c26-19-13-33-22(28)24(19)21(15-6-2-1-3-7-15)31-11-5-4-10-23-14-32-18-9-8-16(25(29)30)12-17(18)20(23)27/h1-3,6-9,12,21H,4-5,10-11,13-14H2. The number of benzene rings is 2. The summed E-state index contributed by atoms with van der Waals surface area (Å²) in [5, 5.41) is 10.7. The Morgan fingerprint density at radius 3 is 2.61 bits per heavy atom. The first-order chi connectivity index (χ1) is 16.0. The molecule has 172 valence electrons. The van der Waals surface area contributed by atoms with Gasteiger partial charge in [-0.15, -0.1) is 0 Å². The maximum absolute atomic E-state index is 12.7. The van der Waals surface area contributed by atoms with Crippen molar-refractivity contribution in [3.63, 3.8) is 0 Å². The molecule has 11 heteroatoms. The molecule has 0 spiro atoms. The number of hydrogen-bond acceptors (Lipinski definition) is 8. The number of ether oxygens (including phenoxy) is 2. The van der Waals surface area contributed by atoms with Gasteiger partial charge >= 0.3 is 0 Å². The molecule has 1 fully saturated rings. The molecule has 0 bridgehead atoms. The Balaban J connectivity index is 1.32. The van der Waals surface area contributed by atoms with Crippen molar-refractivity contribution in [1.82, 2.24) is 9.80 Å². The number of thioether (sulfide) groups is 1. The van der Waals surface area contributed by atoms with E-state index in [4.69, 9.17) is 9.47 Å². The molecule has 0 aromatic heterocycles. The molecular weight excluding hydrogens is 450 g/mol. The third-order valence-electron chi connectivity index (χ3n) is 5.27. The number of nitro groups is 1. The van der Waals surface area contributed by atoms with E-state index in [1.807, 2.05) is 18.2 Å². The van der Waals surface area contributed by atoms with Crippen LogP contribution in [0.15, 0.2) is 48.5 Å². The summed E-state index contributed by atoms with van der Waals surface area (Å²) < 4.78 is 11.5. The molecule has 33 heavy (non-hydrogen) atoms. The quantitative estimate of drug-likeness (QED) is 0.309. The fourth-order valence-electron chi connectivity index (χ4n) is 3.60. The molecule has 2 heterocycles. The summed E-state index contributed by atoms with van der Waals surface area (Å²) in [5.41, 5.74) is 0.705. The number of unbranched alkanes of at least 4 members (excludes halogenated alkanes) is 1. The number of hydrogen-bond donors (Lipinski definition) is 0. The van der Waals surface area contributed by atoms with E-state index >= 15 is 0 Å². The predicted molar refractivity (Wildman–Crippen MR) is 119 cm³/mol. The number of nitro benzene ring substituents is 1. The highest BCUT2D eigenvalue weighted by Gasteiger charge is 2.37. The van der Waals surface area contributed by atoms with Gasteiger partial charge in [0.2, 0.25) is 5.91 Å². The molecule has 0 saturated carbocycles. The van der Waals surface area contributed by atoms with Crippen LogP contribution in [-0.2, 0) is 9.53 Å². The molecule has 1 atom stereocenters. The molecule has 4 rings (SSSR count). The Hall–Kier alpha value is -3.44. The van der Waals surface area contributed by atoms with Gasteiger partial charge in [-0.25, -0.2) is 4.90 Å². The summed E-state index contributed by atoms with van der Waals surface area (Å²) in [4.78, 5) is 50.1. The largest absolute Gasteiger partial charge is 0.472 e. The van der Waals surface area contributed by atoms with Gasteiger partial charge in [0.05, 0.1) is 16.2 Å². The topological polar surface area (TPSA) is 119 Å². The third-order valence-corrected chi connectivity index (χ3v) is 6.10. The van der Waals surface area contributed by atoms with E-state index in [-0.39, 0.29) is 47.4 Å². The van der Waals surface area contributed by atoms with Crippen LogP contribution in [0.3, 0.4) is 0 Å². The number of fused-ring (bicyclic) bond motifs is 1. The number of nitrogens with zero attached hydrogens (tertiary/aromatic N) is 3. The van der Waals surface area contributed by atoms with E-state index in [1.165, 1.54) is 23.1 Å². The van der Waals surface area contributed by atoms with Gasteiger partial charge in [-0.3, -0.25) is 24.5 Å². The highest BCUT2D eigenvalue weighted by Crippen LogP contribution is 2.31. The Kier molecular flexibility index (Phi) is 6.90. The highest BCUT2D eigenvalue weighted by molar-refractivity contribution is 8.14. The highest BCUT2D eigenvalue weighted by atomic mass is 32.2. The zero-order valence-corrected chi connectivity index (χ0v) is 18.4. The molecular formula is C22H21N3O7S. The van der Waals surface area contributed by atoms with Crippen molar-refractivity contribution in [2.24, 2.45) is 0 Å². The smallest absolute Gasteiger partial charge is 0.291 e. The van der Waals surface area contributed by atoms with Crippen LogP contribution in [0.1, 0.15) is 35.0 Å². The minimum atomic E-state index is -0.798. The molecule has 3 amide bonds. The second kappa shape index (κ2) is 10.0. The summed E-state index contributed by atoms with van der Waals surface area (Å²) in [5.74, 6) is -0.188. The molecule has 0 aliphatic carbocycles. The number of amides is 3. The van der Waals surface area contributed by atoms with Gasteiger partial charge in [-0.1, -0.05) is 42.1 Å². The van der Waals surface area contributed by atoms with Crippen LogP contribution in [-0.4, -0.2) is 57.4 Å². The first-order valence-electron chi connectivity index (χ1n) is 10.3. The maximum Gasteiger partial charge on any atom is 0.291 e. The zero-order chi connectivity index (χ0) is 23.4. The Labute approximate surface area is 193 Å². The van der Waals surface area contributed by atoms with Crippen LogP contribution in [0.5, 0.6) is 5.75 Å². The van der Waals surface area contributed by atoms with E-state index in [9.17, 15) is 24.5 Å². The normalized spacial score (nSPS) is 16.5. The minimum Gasteiger partial charge on any atom is -0.472 e. The first kappa shape index (κ1) is 22.7. The van der Waals surface area contributed by atoms with Gasteiger partial charge in [0.1, 0.15) is 5.75 Å². The van der Waals surface area contributed by atoms with E-state index in [2.05, 4.69) is 0 Å². The zero-order valence-electron chi connectivity index (χ0n) is 17.5. The van der Waals surface area contributed by atoms with E-state index in [1.54, 1.807) is 12.1 Å². The van der Waals surface area contributed by atoms with Crippen LogP contribution in [0, 0.1) is 10.1 Å². The number of imide groups is 1. The van der Waals surface area contributed by atoms with Crippen LogP contribution in [0.4, 0.5) is 10.5 Å². The van der Waals surface area contributed by atoms with Crippen molar-refractivity contribution in [1.29, 1.82) is 0 Å². The van der Waals surface area contributed by atoms with Crippen molar-refractivity contribution in [2.45, 2.75) is 19.1 Å². The van der Waals surface area contributed by atoms with Gasteiger partial charge in [-0.05, 0) is 18.9 Å². The van der Waals surface area contributed by atoms with Gasteiger partial charge in [0.25, 0.3) is 16.8 Å². The predicted octanol–water partition coefficient (Wildman–Crippen LogP) is 3.58. The van der Waals surface area contributed by atoms with Crippen LogP contribution < -0.4 is 4.74 Å². The Morgan fingerprint density at radius 1 is 1.12 bits per heavy atom. The SMILES string of the molecule is O=C1c2cc([N+](=O)[O-])ccc2OCN1CCCCOC(c1ccccc1)N1C(=O)CSC1=O. The molecule has 10 nitrogen and oxygen atoms in total. The molecule has 2 aliphatic rings. The lowest BCUT2D eigenvalue weighted by atomic mass is 10.1. The molecule has 1 unspecified atom stereocenters. The van der Waals surface area contributed by atoms with Crippen molar-refractivity contribution in [3.05, 3.63) is 69.8 Å². The van der Waals surface area contributed by atoms with Gasteiger partial charge in [0.15, 0.2) is 13.0 Å². The third kappa shape index (κ3) is 4.99. The Bertz CT molecular complexity index is 1060. The van der Waals surface area contributed by atoms with Crippen molar-refractivity contribution in [3.8, 4) is 5.75 Å². The molecule has 2 aromatic rings. The van der Waals surface area contributed by atoms with E-state index in [0.717, 1.165) is 16.7 Å². The molecule has 1 saturated heterocycles. The number of carbonyl (C=O) groups excluding carboxylic acids is 3. The van der Waals surface area contributed by atoms with E-state index in [0.29, 0.717) is 30.7 Å². The van der Waals surface area contributed by atoms with Gasteiger partial charge < -0.3 is 14.4 Å². The van der Waals surface area contributed by atoms with Crippen molar-refractivity contribution >= 4 is 34.5 Å². The Morgan fingerprint density at radius 2 is 1.91 bits per heavy atom. The summed E-state index contributed by atoms with van der Waals surface area (Å²) in [6.07, 6.45) is 0.351. The fourth-order valence-corrected chi connectivity index (χ4v) is 4.32. The second-order valence-electron chi connectivity index (χ2n) is 7.44. The van der Waals surface area contributed by atoms with E-state index < -0.39 is 11.2 Å². The number of rotatable bonds is 9. The van der Waals surface area contributed by atoms with Crippen LogP contribution in [0.2, 0.25) is 0 Å². The van der Waals surface area contributed by atoms with Crippen molar-refractivity contribution < 1.29 is 28.8 Å². The second-order valence-corrected chi connectivity index (χ2v) is 8.37. The number of carbonyl (C=O) groups is 3. The maximum atomic E-state index is 12.7. The lowest BCUT2D eigenvalue weighted by Gasteiger charge is -2.29. The number of non-ortho nitro benzene ring substituents is 1. The lowest BCUT2D eigenvalue weighted by molar-refractivity contribution is -0.384. The van der Waals surface area contributed by atoms with Gasteiger partial charge in [-0.2, -0.15) is 0 Å². The molecule has 0 N–H and O–H groups in total. The molecule has 2 aliphatic heterocycles. The summed E-state index contributed by atoms with van der Waals surface area (Å²) >= 11 is 0.954. The molecule has 0 radical (unpaired) electrons. The summed E-state index contributed by atoms with van der Waals surface area (Å²) in [7, 11) is 0. The average molecular weight is 471 g/mol. The molecule has 2 aromatic carbocycles. The van der Waals surface area contributed by atoms with Crippen LogP contribution >= 0.6 is 11.8 Å². The summed E-state index contributed by atoms with van der Waals surface area (Å²) in [6.45, 7) is 0.704. The fraction of sp³-hybridized carbons (Fsp3) is 0.318. The monoisotopic (exact) mass is 471 g/mol. The van der Waals surface area contributed by atoms with Crippen LogP contribution in [0.25, 0.3) is 0 Å². The summed E-state index contributed by atoms with van der Waals surface area (Å²) in [6, 6.07) is 13.0. The van der Waals surface area contributed by atoms with Crippen molar-refractivity contribution in [2.75, 3.05) is 25.6 Å². The first-order valence-corrected chi connectivity index (χ1v) is 11.3. The average Bonchev–Trinajstić information content (AvgIpc) is 3.15. The lowest BCUT2D eigenvalue weighted by Crippen LogP contribution is -2.39. The minimum absolute atomic E-state index is 0.0607. The van der Waals surface area contributed by atoms with Gasteiger partial charge in [0, 0.05) is 30.8 Å².